The Kier molecular flexibility index (Phi) is 7.51. The van der Waals surface area contributed by atoms with Crippen LogP contribution in [0.4, 0.5) is 0 Å². The van der Waals surface area contributed by atoms with E-state index in [-0.39, 0.29) is 0 Å². The molecule has 2 nitrogen and oxygen atoms in total. The van der Waals surface area contributed by atoms with Crippen molar-refractivity contribution in [3.05, 3.63) is 0 Å². The van der Waals surface area contributed by atoms with Crippen LogP contribution in [0.25, 0.3) is 0 Å². The number of nitrogens with two attached hydrogens (primary N) is 1. The molecule has 1 atom stereocenters. The molecule has 0 aromatic rings. The van der Waals surface area contributed by atoms with Gasteiger partial charge in [-0.2, -0.15) is 0 Å². The van der Waals surface area contributed by atoms with Crippen LogP contribution in [0, 0.1) is 5.92 Å². The van der Waals surface area contributed by atoms with Gasteiger partial charge in [-0.1, -0.05) is 26.7 Å². The Bertz CT molecular complexity index is 91.8. The molecule has 0 heterocycles. The van der Waals surface area contributed by atoms with Crippen LogP contribution in [-0.4, -0.2) is 19.8 Å². The normalized spacial score (nSPS) is 13.8. The molecule has 0 spiro atoms. The second-order valence-electron chi connectivity index (χ2n) is 3.38. The largest absolute Gasteiger partial charge is 0.385 e. The lowest BCUT2D eigenvalue weighted by Crippen LogP contribution is -2.29. The first kappa shape index (κ1) is 11.9. The van der Waals surface area contributed by atoms with Gasteiger partial charge in [0.1, 0.15) is 0 Å². The van der Waals surface area contributed by atoms with Crippen molar-refractivity contribution in [2.24, 2.45) is 11.7 Å². The molecule has 1 unspecified atom stereocenters. The molecule has 0 aromatic carbocycles. The highest BCUT2D eigenvalue weighted by molar-refractivity contribution is 4.70. The molecule has 0 saturated heterocycles. The van der Waals surface area contributed by atoms with Crippen molar-refractivity contribution >= 4 is 0 Å². The topological polar surface area (TPSA) is 35.2 Å². The van der Waals surface area contributed by atoms with Gasteiger partial charge in [0, 0.05) is 19.8 Å². The Morgan fingerprint density at radius 3 is 2.25 bits per heavy atom. The smallest absolute Gasteiger partial charge is 0.0462 e. The van der Waals surface area contributed by atoms with Crippen LogP contribution < -0.4 is 5.73 Å². The zero-order valence-electron chi connectivity index (χ0n) is 8.68. The van der Waals surface area contributed by atoms with E-state index in [1.165, 1.54) is 12.8 Å². The van der Waals surface area contributed by atoms with Crippen LogP contribution >= 0.6 is 0 Å². The molecule has 0 saturated carbocycles. The third-order valence-electron chi connectivity index (χ3n) is 2.54. The van der Waals surface area contributed by atoms with E-state index in [1.807, 2.05) is 0 Å². The minimum atomic E-state index is 0.371. The summed E-state index contributed by atoms with van der Waals surface area (Å²) in [6.07, 6.45) is 4.59. The summed E-state index contributed by atoms with van der Waals surface area (Å²) >= 11 is 0. The lowest BCUT2D eigenvalue weighted by Gasteiger charge is -2.20. The first-order valence-corrected chi connectivity index (χ1v) is 5.00. The molecule has 0 amide bonds. The molecular weight excluding hydrogens is 150 g/mol. The quantitative estimate of drug-likeness (QED) is 0.599. The molecule has 74 valence electrons. The summed E-state index contributed by atoms with van der Waals surface area (Å²) in [5.74, 6) is 0.696. The molecular formula is C10H23NO. The highest BCUT2D eigenvalue weighted by atomic mass is 16.5. The Labute approximate surface area is 76.5 Å². The van der Waals surface area contributed by atoms with Gasteiger partial charge in [0.15, 0.2) is 0 Å². The maximum absolute atomic E-state index is 6.02. The maximum atomic E-state index is 6.02. The number of methoxy groups -OCH3 is 1. The summed E-state index contributed by atoms with van der Waals surface area (Å²) in [7, 11) is 1.74. The zero-order valence-corrected chi connectivity index (χ0v) is 8.68. The van der Waals surface area contributed by atoms with Crippen LogP contribution in [0.1, 0.15) is 39.5 Å². The van der Waals surface area contributed by atoms with Gasteiger partial charge in [0.25, 0.3) is 0 Å². The lowest BCUT2D eigenvalue weighted by atomic mass is 9.92. The molecule has 0 rings (SSSR count). The zero-order chi connectivity index (χ0) is 9.40. The van der Waals surface area contributed by atoms with E-state index in [9.17, 15) is 0 Å². The standard InChI is InChI=1S/C10H23NO/c1-4-9(5-2)10(11)7-6-8-12-3/h9-10H,4-8,11H2,1-3H3. The summed E-state index contributed by atoms with van der Waals surface area (Å²) in [5, 5.41) is 0. The molecule has 2 N–H and O–H groups in total. The predicted octanol–water partition coefficient (Wildman–Crippen LogP) is 2.18. The van der Waals surface area contributed by atoms with E-state index in [0.29, 0.717) is 12.0 Å². The molecule has 12 heavy (non-hydrogen) atoms. The fraction of sp³-hybridized carbons (Fsp3) is 1.00. The predicted molar refractivity (Wildman–Crippen MR) is 53.2 cm³/mol. The average Bonchev–Trinajstić information content (AvgIpc) is 2.07. The van der Waals surface area contributed by atoms with Gasteiger partial charge in [-0.25, -0.2) is 0 Å². The van der Waals surface area contributed by atoms with E-state index < -0.39 is 0 Å². The number of ether oxygens (including phenoxy) is 1. The van der Waals surface area contributed by atoms with Crippen LogP contribution in [0.15, 0.2) is 0 Å². The second kappa shape index (κ2) is 7.56. The molecule has 0 fully saturated rings. The third kappa shape index (κ3) is 4.73. The minimum Gasteiger partial charge on any atom is -0.385 e. The van der Waals surface area contributed by atoms with Gasteiger partial charge in [0.2, 0.25) is 0 Å². The molecule has 0 aliphatic heterocycles. The minimum absolute atomic E-state index is 0.371. The maximum Gasteiger partial charge on any atom is 0.0462 e. The molecule has 2 heteroatoms. The van der Waals surface area contributed by atoms with Gasteiger partial charge in [-0.3, -0.25) is 0 Å². The van der Waals surface area contributed by atoms with Gasteiger partial charge < -0.3 is 10.5 Å². The molecule has 0 aliphatic rings. The van der Waals surface area contributed by atoms with Crippen molar-refractivity contribution in [1.82, 2.24) is 0 Å². The van der Waals surface area contributed by atoms with Crippen molar-refractivity contribution in [1.29, 1.82) is 0 Å². The lowest BCUT2D eigenvalue weighted by molar-refractivity contribution is 0.186. The fourth-order valence-electron chi connectivity index (χ4n) is 1.59. The summed E-state index contributed by atoms with van der Waals surface area (Å²) in [6.45, 7) is 5.27. The molecule has 0 aromatic heterocycles. The van der Waals surface area contributed by atoms with Crippen LogP contribution in [0.2, 0.25) is 0 Å². The van der Waals surface area contributed by atoms with Crippen molar-refractivity contribution in [3.8, 4) is 0 Å². The molecule has 0 aliphatic carbocycles. The van der Waals surface area contributed by atoms with Gasteiger partial charge in [-0.05, 0) is 18.8 Å². The first-order chi connectivity index (χ1) is 5.76. The summed E-state index contributed by atoms with van der Waals surface area (Å²) in [6, 6.07) is 0.371. The van der Waals surface area contributed by atoms with Crippen molar-refractivity contribution in [2.45, 2.75) is 45.6 Å². The third-order valence-corrected chi connectivity index (χ3v) is 2.54. The molecule has 0 radical (unpaired) electrons. The van der Waals surface area contributed by atoms with E-state index in [4.69, 9.17) is 10.5 Å². The van der Waals surface area contributed by atoms with Crippen LogP contribution in [0.5, 0.6) is 0 Å². The van der Waals surface area contributed by atoms with Crippen molar-refractivity contribution in [2.75, 3.05) is 13.7 Å². The van der Waals surface area contributed by atoms with Gasteiger partial charge >= 0.3 is 0 Å². The van der Waals surface area contributed by atoms with Gasteiger partial charge in [0.05, 0.1) is 0 Å². The number of hydrogen-bond acceptors (Lipinski definition) is 2. The summed E-state index contributed by atoms with van der Waals surface area (Å²) in [5.41, 5.74) is 6.02. The van der Waals surface area contributed by atoms with Crippen LogP contribution in [0.3, 0.4) is 0 Å². The van der Waals surface area contributed by atoms with Gasteiger partial charge in [-0.15, -0.1) is 0 Å². The summed E-state index contributed by atoms with van der Waals surface area (Å²) in [4.78, 5) is 0. The van der Waals surface area contributed by atoms with Crippen LogP contribution in [-0.2, 0) is 4.74 Å². The Morgan fingerprint density at radius 1 is 1.25 bits per heavy atom. The average molecular weight is 173 g/mol. The number of rotatable bonds is 7. The fourth-order valence-corrected chi connectivity index (χ4v) is 1.59. The van der Waals surface area contributed by atoms with E-state index in [2.05, 4.69) is 13.8 Å². The van der Waals surface area contributed by atoms with Crippen molar-refractivity contribution in [3.63, 3.8) is 0 Å². The summed E-state index contributed by atoms with van der Waals surface area (Å²) < 4.78 is 4.98. The highest BCUT2D eigenvalue weighted by Crippen LogP contribution is 2.14. The Morgan fingerprint density at radius 2 is 1.83 bits per heavy atom. The SMILES string of the molecule is CCC(CC)C(N)CCCOC. The highest BCUT2D eigenvalue weighted by Gasteiger charge is 2.12. The number of hydrogen-bond donors (Lipinski definition) is 1. The van der Waals surface area contributed by atoms with Crippen molar-refractivity contribution < 1.29 is 4.74 Å². The monoisotopic (exact) mass is 173 g/mol. The van der Waals surface area contributed by atoms with E-state index >= 15 is 0 Å². The second-order valence-corrected chi connectivity index (χ2v) is 3.38. The first-order valence-electron chi connectivity index (χ1n) is 5.00. The Hall–Kier alpha value is -0.0800. The molecule has 0 bridgehead atoms. The van der Waals surface area contributed by atoms with E-state index in [1.54, 1.807) is 7.11 Å². The Balaban J connectivity index is 3.47. The van der Waals surface area contributed by atoms with E-state index in [0.717, 1.165) is 19.4 Å².